The monoisotopic (exact) mass is 316 g/mol. The fourth-order valence-electron chi connectivity index (χ4n) is 2.63. The highest BCUT2D eigenvalue weighted by molar-refractivity contribution is 6.30. The number of halogens is 1. The molecule has 1 unspecified atom stereocenters. The largest absolute Gasteiger partial charge is 0.435 e. The van der Waals surface area contributed by atoms with Crippen LogP contribution in [0.5, 0.6) is 5.75 Å². The number of nitro groups is 1. The van der Waals surface area contributed by atoms with E-state index in [0.717, 1.165) is 5.56 Å². The minimum absolute atomic E-state index is 0.0246. The van der Waals surface area contributed by atoms with Gasteiger partial charge < -0.3 is 10.1 Å². The first-order valence-electron chi connectivity index (χ1n) is 6.70. The maximum atomic E-state index is 11.6. The summed E-state index contributed by atoms with van der Waals surface area (Å²) in [6.07, 6.45) is 0. The van der Waals surface area contributed by atoms with E-state index in [1.165, 1.54) is 0 Å². The quantitative estimate of drug-likeness (QED) is 0.695. The summed E-state index contributed by atoms with van der Waals surface area (Å²) in [5, 5.41) is 14.9. The number of hydrogen-bond donors (Lipinski definition) is 1. The molecule has 0 saturated carbocycles. The molecule has 0 fully saturated rings. The van der Waals surface area contributed by atoms with Crippen LogP contribution in [0.2, 0.25) is 5.02 Å². The number of fused-ring (bicyclic) bond motifs is 1. The molecule has 0 aromatic heterocycles. The Balaban J connectivity index is 2.27. The fraction of sp³-hybridized carbons (Fsp3) is 0.125. The molecule has 2 aromatic rings. The van der Waals surface area contributed by atoms with Crippen molar-refractivity contribution >= 4 is 11.6 Å². The van der Waals surface area contributed by atoms with Gasteiger partial charge in [0.25, 0.3) is 5.88 Å². The first-order chi connectivity index (χ1) is 10.6. The molecule has 0 saturated heterocycles. The second-order valence-corrected chi connectivity index (χ2v) is 5.29. The number of nitrogens with zero attached hydrogens (tertiary/aromatic N) is 1. The first kappa shape index (κ1) is 14.4. The van der Waals surface area contributed by atoms with Crippen LogP contribution < -0.4 is 10.1 Å². The molecule has 2 aromatic carbocycles. The molecule has 1 aliphatic rings. The van der Waals surface area contributed by atoms with Crippen molar-refractivity contribution in [3.8, 4) is 5.75 Å². The Bertz CT molecular complexity index is 759. The van der Waals surface area contributed by atoms with Crippen molar-refractivity contribution < 1.29 is 9.66 Å². The van der Waals surface area contributed by atoms with Crippen molar-refractivity contribution in [1.82, 2.24) is 5.32 Å². The van der Waals surface area contributed by atoms with Crippen LogP contribution in [-0.2, 0) is 0 Å². The van der Waals surface area contributed by atoms with E-state index in [0.29, 0.717) is 16.3 Å². The maximum Gasteiger partial charge on any atom is 0.317 e. The van der Waals surface area contributed by atoms with Gasteiger partial charge in [-0.15, -0.1) is 0 Å². The average Bonchev–Trinajstić information content (AvgIpc) is 2.53. The third-order valence-corrected chi connectivity index (χ3v) is 3.79. The fourth-order valence-corrected chi connectivity index (χ4v) is 2.81. The standard InChI is InChI=1S/C16H13ClN2O3/c1-18-16-15(19(20)21)14(10-5-3-2-4-6-10)12-9-11(17)7-8-13(12)22-16/h2-9,14,18H,1H3. The van der Waals surface area contributed by atoms with Gasteiger partial charge in [-0.25, -0.2) is 0 Å². The third kappa shape index (κ3) is 2.40. The van der Waals surface area contributed by atoms with Gasteiger partial charge in [-0.2, -0.15) is 0 Å². The normalized spacial score (nSPS) is 16.7. The van der Waals surface area contributed by atoms with Gasteiger partial charge in [0.1, 0.15) is 11.7 Å². The Kier molecular flexibility index (Phi) is 3.73. The number of allylic oxidation sites excluding steroid dienone is 1. The zero-order valence-corrected chi connectivity index (χ0v) is 12.5. The van der Waals surface area contributed by atoms with E-state index in [4.69, 9.17) is 16.3 Å². The smallest absolute Gasteiger partial charge is 0.317 e. The highest BCUT2D eigenvalue weighted by Crippen LogP contribution is 2.43. The molecule has 0 aliphatic carbocycles. The molecular weight excluding hydrogens is 304 g/mol. The van der Waals surface area contributed by atoms with Crippen LogP contribution in [0.3, 0.4) is 0 Å². The summed E-state index contributed by atoms with van der Waals surface area (Å²) < 4.78 is 5.63. The number of rotatable bonds is 3. The molecular formula is C16H13ClN2O3. The van der Waals surface area contributed by atoms with E-state index in [1.54, 1.807) is 25.2 Å². The van der Waals surface area contributed by atoms with Gasteiger partial charge >= 0.3 is 5.70 Å². The molecule has 0 spiro atoms. The summed E-state index contributed by atoms with van der Waals surface area (Å²) in [6, 6.07) is 14.4. The lowest BCUT2D eigenvalue weighted by atomic mass is 9.86. The molecule has 1 N–H and O–H groups in total. The van der Waals surface area contributed by atoms with Gasteiger partial charge in [0.15, 0.2) is 0 Å². The Morgan fingerprint density at radius 1 is 1.23 bits per heavy atom. The highest BCUT2D eigenvalue weighted by Gasteiger charge is 2.39. The molecule has 22 heavy (non-hydrogen) atoms. The van der Waals surface area contributed by atoms with Gasteiger partial charge in [0, 0.05) is 17.6 Å². The van der Waals surface area contributed by atoms with Crippen LogP contribution in [0.15, 0.2) is 60.1 Å². The van der Waals surface area contributed by atoms with Gasteiger partial charge in [-0.05, 0) is 23.8 Å². The topological polar surface area (TPSA) is 64.4 Å². The molecule has 3 rings (SSSR count). The van der Waals surface area contributed by atoms with E-state index < -0.39 is 10.8 Å². The molecule has 0 bridgehead atoms. The van der Waals surface area contributed by atoms with Crippen LogP contribution in [-0.4, -0.2) is 12.0 Å². The molecule has 5 nitrogen and oxygen atoms in total. The summed E-state index contributed by atoms with van der Waals surface area (Å²) in [7, 11) is 1.60. The molecule has 0 radical (unpaired) electrons. The second-order valence-electron chi connectivity index (χ2n) is 4.85. The molecule has 1 heterocycles. The van der Waals surface area contributed by atoms with Crippen molar-refractivity contribution in [1.29, 1.82) is 0 Å². The summed E-state index contributed by atoms with van der Waals surface area (Å²) >= 11 is 6.07. The molecule has 112 valence electrons. The SMILES string of the molecule is CNC1=C([N+](=O)[O-])C(c2ccccc2)c2cc(Cl)ccc2O1. The molecule has 1 aliphatic heterocycles. The van der Waals surface area contributed by atoms with E-state index >= 15 is 0 Å². The van der Waals surface area contributed by atoms with Crippen LogP contribution in [0, 0.1) is 10.1 Å². The Morgan fingerprint density at radius 2 is 1.95 bits per heavy atom. The maximum absolute atomic E-state index is 11.6. The molecule has 1 atom stereocenters. The Labute approximate surface area is 132 Å². The lowest BCUT2D eigenvalue weighted by Crippen LogP contribution is -2.27. The van der Waals surface area contributed by atoms with Crippen molar-refractivity contribution in [2.75, 3.05) is 7.05 Å². The van der Waals surface area contributed by atoms with Crippen LogP contribution >= 0.6 is 11.6 Å². The minimum Gasteiger partial charge on any atom is -0.435 e. The number of hydrogen-bond acceptors (Lipinski definition) is 4. The van der Waals surface area contributed by atoms with Crippen LogP contribution in [0.4, 0.5) is 0 Å². The second kappa shape index (κ2) is 5.69. The molecule has 6 heteroatoms. The third-order valence-electron chi connectivity index (χ3n) is 3.56. The predicted molar refractivity (Wildman–Crippen MR) is 83.4 cm³/mol. The zero-order chi connectivity index (χ0) is 15.7. The van der Waals surface area contributed by atoms with Gasteiger partial charge in [-0.3, -0.25) is 10.1 Å². The lowest BCUT2D eigenvalue weighted by Gasteiger charge is -2.25. The first-order valence-corrected chi connectivity index (χ1v) is 7.08. The van der Waals surface area contributed by atoms with Crippen molar-refractivity contribution in [3.63, 3.8) is 0 Å². The van der Waals surface area contributed by atoms with Crippen molar-refractivity contribution in [2.45, 2.75) is 5.92 Å². The predicted octanol–water partition coefficient (Wildman–Crippen LogP) is 3.53. The average molecular weight is 317 g/mol. The van der Waals surface area contributed by atoms with Crippen molar-refractivity contribution in [2.24, 2.45) is 0 Å². The van der Waals surface area contributed by atoms with Crippen LogP contribution in [0.25, 0.3) is 0 Å². The summed E-state index contributed by atoms with van der Waals surface area (Å²) in [5.74, 6) is 0.169. The van der Waals surface area contributed by atoms with E-state index in [2.05, 4.69) is 5.32 Å². The Morgan fingerprint density at radius 3 is 2.59 bits per heavy atom. The Hall–Kier alpha value is -2.53. The summed E-state index contributed by atoms with van der Waals surface area (Å²) in [5.41, 5.74) is 1.47. The lowest BCUT2D eigenvalue weighted by molar-refractivity contribution is -0.432. The van der Waals surface area contributed by atoms with E-state index in [-0.39, 0.29) is 11.6 Å². The highest BCUT2D eigenvalue weighted by atomic mass is 35.5. The van der Waals surface area contributed by atoms with Crippen LogP contribution in [0.1, 0.15) is 17.0 Å². The van der Waals surface area contributed by atoms with E-state index in [1.807, 2.05) is 30.3 Å². The number of nitrogens with one attached hydrogen (secondary N) is 1. The minimum atomic E-state index is -0.541. The number of benzene rings is 2. The van der Waals surface area contributed by atoms with Gasteiger partial charge in [0.2, 0.25) is 0 Å². The van der Waals surface area contributed by atoms with Gasteiger partial charge in [-0.1, -0.05) is 41.9 Å². The van der Waals surface area contributed by atoms with Crippen molar-refractivity contribution in [3.05, 3.63) is 86.4 Å². The zero-order valence-electron chi connectivity index (χ0n) is 11.7. The summed E-state index contributed by atoms with van der Waals surface area (Å²) in [6.45, 7) is 0. The van der Waals surface area contributed by atoms with Gasteiger partial charge in [0.05, 0.1) is 4.92 Å². The molecule has 0 amide bonds. The van der Waals surface area contributed by atoms with E-state index in [9.17, 15) is 10.1 Å². The summed E-state index contributed by atoms with van der Waals surface area (Å²) in [4.78, 5) is 11.2. The number of ether oxygens (including phenoxy) is 1.